The molecule has 0 saturated carbocycles. The largest absolute Gasteiger partial charge is 0.404 e. The van der Waals surface area contributed by atoms with Gasteiger partial charge in [0.2, 0.25) is 5.88 Å². The zero-order chi connectivity index (χ0) is 15.0. The SMILES string of the molecule is Cc1cc(OC(=O)c2cc(C)c(C)c(C)c2C)n(C)n1. The maximum absolute atomic E-state index is 12.3. The number of hydrogen-bond donors (Lipinski definition) is 0. The van der Waals surface area contributed by atoms with Crippen molar-refractivity contribution in [2.75, 3.05) is 0 Å². The lowest BCUT2D eigenvalue weighted by Crippen LogP contribution is -2.14. The topological polar surface area (TPSA) is 44.1 Å². The Morgan fingerprint density at radius 3 is 2.25 bits per heavy atom. The third-order valence-corrected chi connectivity index (χ3v) is 3.86. The van der Waals surface area contributed by atoms with Crippen molar-refractivity contribution in [1.29, 1.82) is 0 Å². The van der Waals surface area contributed by atoms with Gasteiger partial charge in [-0.05, 0) is 62.9 Å². The second-order valence-electron chi connectivity index (χ2n) is 5.25. The van der Waals surface area contributed by atoms with Crippen LogP contribution in [0.2, 0.25) is 0 Å². The van der Waals surface area contributed by atoms with Crippen LogP contribution < -0.4 is 4.74 Å². The molecule has 2 rings (SSSR count). The summed E-state index contributed by atoms with van der Waals surface area (Å²) in [6.07, 6.45) is 0. The van der Waals surface area contributed by atoms with Crippen LogP contribution in [-0.4, -0.2) is 15.7 Å². The summed E-state index contributed by atoms with van der Waals surface area (Å²) in [5.41, 5.74) is 5.86. The average molecular weight is 272 g/mol. The molecule has 0 aliphatic heterocycles. The van der Waals surface area contributed by atoms with Crippen LogP contribution >= 0.6 is 0 Å². The number of nitrogens with zero attached hydrogens (tertiary/aromatic N) is 2. The van der Waals surface area contributed by atoms with Gasteiger partial charge in [0.1, 0.15) is 0 Å². The molecule has 0 amide bonds. The average Bonchev–Trinajstić information content (AvgIpc) is 2.69. The third-order valence-electron chi connectivity index (χ3n) is 3.86. The van der Waals surface area contributed by atoms with Gasteiger partial charge in [0.05, 0.1) is 11.3 Å². The van der Waals surface area contributed by atoms with Crippen LogP contribution in [-0.2, 0) is 7.05 Å². The smallest absolute Gasteiger partial charge is 0.345 e. The molecule has 0 radical (unpaired) electrons. The first-order valence-electron chi connectivity index (χ1n) is 6.61. The lowest BCUT2D eigenvalue weighted by atomic mass is 9.95. The lowest BCUT2D eigenvalue weighted by molar-refractivity contribution is 0.0719. The van der Waals surface area contributed by atoms with Crippen molar-refractivity contribution in [3.63, 3.8) is 0 Å². The standard InChI is InChI=1S/C16H20N2O2/c1-9-7-14(13(5)12(4)11(9)3)16(19)20-15-8-10(2)17-18(15)6/h7-8H,1-6H3. The number of carbonyl (C=O) groups is 1. The number of ether oxygens (including phenoxy) is 1. The fourth-order valence-corrected chi connectivity index (χ4v) is 2.26. The van der Waals surface area contributed by atoms with Gasteiger partial charge in [-0.1, -0.05) is 0 Å². The highest BCUT2D eigenvalue weighted by Gasteiger charge is 2.17. The van der Waals surface area contributed by atoms with E-state index in [-0.39, 0.29) is 5.97 Å². The Hall–Kier alpha value is -2.10. The minimum absolute atomic E-state index is 0.336. The Balaban J connectivity index is 2.37. The van der Waals surface area contributed by atoms with E-state index in [0.29, 0.717) is 11.4 Å². The Kier molecular flexibility index (Phi) is 3.66. The minimum Gasteiger partial charge on any atom is -0.404 e. The van der Waals surface area contributed by atoms with Gasteiger partial charge in [-0.3, -0.25) is 0 Å². The lowest BCUT2D eigenvalue weighted by Gasteiger charge is -2.13. The monoisotopic (exact) mass is 272 g/mol. The number of carbonyl (C=O) groups excluding carboxylic acids is 1. The van der Waals surface area contributed by atoms with Gasteiger partial charge in [-0.15, -0.1) is 0 Å². The van der Waals surface area contributed by atoms with E-state index in [2.05, 4.69) is 12.0 Å². The van der Waals surface area contributed by atoms with E-state index in [1.165, 1.54) is 5.56 Å². The maximum Gasteiger partial charge on any atom is 0.345 e. The van der Waals surface area contributed by atoms with Crippen LogP contribution in [0.25, 0.3) is 0 Å². The van der Waals surface area contributed by atoms with Crippen molar-refractivity contribution >= 4 is 5.97 Å². The Bertz CT molecular complexity index is 684. The molecule has 0 saturated heterocycles. The quantitative estimate of drug-likeness (QED) is 0.789. The highest BCUT2D eigenvalue weighted by Crippen LogP contribution is 2.23. The summed E-state index contributed by atoms with van der Waals surface area (Å²) in [5, 5.41) is 4.17. The van der Waals surface area contributed by atoms with Crippen LogP contribution in [0.3, 0.4) is 0 Å². The fraction of sp³-hybridized carbons (Fsp3) is 0.375. The van der Waals surface area contributed by atoms with Crippen LogP contribution in [0.5, 0.6) is 5.88 Å². The van der Waals surface area contributed by atoms with Crippen LogP contribution in [0, 0.1) is 34.6 Å². The molecule has 0 atom stereocenters. The highest BCUT2D eigenvalue weighted by molar-refractivity contribution is 5.93. The van der Waals surface area contributed by atoms with E-state index in [4.69, 9.17) is 4.74 Å². The van der Waals surface area contributed by atoms with Crippen LogP contribution in [0.15, 0.2) is 12.1 Å². The summed E-state index contributed by atoms with van der Waals surface area (Å²) < 4.78 is 7.01. The van der Waals surface area contributed by atoms with Gasteiger partial charge >= 0.3 is 5.97 Å². The van der Waals surface area contributed by atoms with E-state index in [1.54, 1.807) is 17.8 Å². The highest BCUT2D eigenvalue weighted by atomic mass is 16.5. The zero-order valence-electron chi connectivity index (χ0n) is 12.9. The summed E-state index contributed by atoms with van der Waals surface area (Å²) in [4.78, 5) is 12.3. The molecule has 4 nitrogen and oxygen atoms in total. The second-order valence-corrected chi connectivity index (χ2v) is 5.25. The normalized spacial score (nSPS) is 10.7. The van der Waals surface area contributed by atoms with E-state index >= 15 is 0 Å². The van der Waals surface area contributed by atoms with E-state index in [9.17, 15) is 4.79 Å². The first kappa shape index (κ1) is 14.3. The maximum atomic E-state index is 12.3. The van der Waals surface area contributed by atoms with Crippen molar-refractivity contribution in [2.24, 2.45) is 7.05 Å². The predicted octanol–water partition coefficient (Wildman–Crippen LogP) is 3.18. The number of hydrogen-bond acceptors (Lipinski definition) is 3. The van der Waals surface area contributed by atoms with Gasteiger partial charge in [0, 0.05) is 13.1 Å². The molecule has 20 heavy (non-hydrogen) atoms. The summed E-state index contributed by atoms with van der Waals surface area (Å²) in [6.45, 7) is 9.92. The molecule has 0 bridgehead atoms. The Labute approximate surface area is 119 Å². The molecule has 1 aromatic carbocycles. The van der Waals surface area contributed by atoms with Crippen molar-refractivity contribution < 1.29 is 9.53 Å². The first-order chi connectivity index (χ1) is 9.31. The molecular weight excluding hydrogens is 252 g/mol. The molecule has 0 aliphatic rings. The molecule has 2 aromatic rings. The van der Waals surface area contributed by atoms with Crippen molar-refractivity contribution in [3.05, 3.63) is 45.6 Å². The summed E-state index contributed by atoms with van der Waals surface area (Å²) in [7, 11) is 1.76. The second kappa shape index (κ2) is 5.12. The van der Waals surface area contributed by atoms with Crippen molar-refractivity contribution in [1.82, 2.24) is 9.78 Å². The number of esters is 1. The summed E-state index contributed by atoms with van der Waals surface area (Å²) >= 11 is 0. The molecule has 4 heteroatoms. The van der Waals surface area contributed by atoms with Gasteiger partial charge in [0.25, 0.3) is 0 Å². The fourth-order valence-electron chi connectivity index (χ4n) is 2.26. The van der Waals surface area contributed by atoms with Crippen LogP contribution in [0.4, 0.5) is 0 Å². The van der Waals surface area contributed by atoms with Gasteiger partial charge in [-0.25, -0.2) is 9.48 Å². The molecule has 0 N–H and O–H groups in total. The zero-order valence-corrected chi connectivity index (χ0v) is 12.9. The molecule has 0 aliphatic carbocycles. The molecule has 1 aromatic heterocycles. The molecule has 0 unspecified atom stereocenters. The number of aromatic nitrogens is 2. The minimum atomic E-state index is -0.336. The number of benzene rings is 1. The van der Waals surface area contributed by atoms with E-state index in [0.717, 1.165) is 22.4 Å². The van der Waals surface area contributed by atoms with Gasteiger partial charge in [0.15, 0.2) is 0 Å². The molecule has 0 fully saturated rings. The van der Waals surface area contributed by atoms with Gasteiger partial charge in [-0.2, -0.15) is 5.10 Å². The molecule has 106 valence electrons. The molecule has 1 heterocycles. The van der Waals surface area contributed by atoms with E-state index in [1.807, 2.05) is 33.8 Å². The van der Waals surface area contributed by atoms with Crippen molar-refractivity contribution in [3.8, 4) is 5.88 Å². The van der Waals surface area contributed by atoms with Crippen LogP contribution in [0.1, 0.15) is 38.3 Å². The van der Waals surface area contributed by atoms with E-state index < -0.39 is 0 Å². The first-order valence-corrected chi connectivity index (χ1v) is 6.61. The van der Waals surface area contributed by atoms with Crippen molar-refractivity contribution in [2.45, 2.75) is 34.6 Å². The Morgan fingerprint density at radius 2 is 1.70 bits per heavy atom. The number of aryl methyl sites for hydroxylation is 3. The molecule has 0 spiro atoms. The predicted molar refractivity (Wildman–Crippen MR) is 78.3 cm³/mol. The Morgan fingerprint density at radius 1 is 1.05 bits per heavy atom. The molecular formula is C16H20N2O2. The number of rotatable bonds is 2. The summed E-state index contributed by atoms with van der Waals surface area (Å²) in [6, 6.07) is 3.64. The van der Waals surface area contributed by atoms with Gasteiger partial charge < -0.3 is 4.74 Å². The third kappa shape index (κ3) is 2.46. The summed E-state index contributed by atoms with van der Waals surface area (Å²) in [5.74, 6) is 0.125.